The number of carbonyl (C=O) groups excluding carboxylic acids is 1. The first-order valence-corrected chi connectivity index (χ1v) is 7.07. The topological polar surface area (TPSA) is 64.6 Å². The van der Waals surface area contributed by atoms with E-state index in [-0.39, 0.29) is 12.1 Å². The number of hydrogen-bond acceptors (Lipinski definition) is 3. The molecule has 1 heterocycles. The summed E-state index contributed by atoms with van der Waals surface area (Å²) in [6.07, 6.45) is -0.520. The van der Waals surface area contributed by atoms with Crippen LogP contribution in [0, 0.1) is 0 Å². The number of aliphatic hydroxyl groups excluding tert-OH is 1. The molecule has 2 atom stereocenters. The first-order valence-electron chi connectivity index (χ1n) is 7.07. The summed E-state index contributed by atoms with van der Waals surface area (Å²) >= 11 is 0. The molecule has 0 aromatic heterocycles. The summed E-state index contributed by atoms with van der Waals surface area (Å²) in [5.41, 5.74) is 0.783. The number of carbonyl (C=O) groups is 1. The highest BCUT2D eigenvalue weighted by Crippen LogP contribution is 2.23. The van der Waals surface area contributed by atoms with Gasteiger partial charge >= 0.3 is 6.03 Å². The van der Waals surface area contributed by atoms with Gasteiger partial charge in [0, 0.05) is 25.5 Å². The molecule has 2 aromatic carbocycles. The van der Waals surface area contributed by atoms with Gasteiger partial charge in [0.05, 0.1) is 17.8 Å². The van der Waals surface area contributed by atoms with Gasteiger partial charge < -0.3 is 20.6 Å². The van der Waals surface area contributed by atoms with Gasteiger partial charge in [0.25, 0.3) is 0 Å². The van der Waals surface area contributed by atoms with E-state index in [1.807, 2.05) is 42.5 Å². The van der Waals surface area contributed by atoms with Crippen LogP contribution in [0.2, 0.25) is 0 Å². The summed E-state index contributed by atoms with van der Waals surface area (Å²) in [5.74, 6) is 0. The van der Waals surface area contributed by atoms with E-state index in [1.165, 1.54) is 0 Å². The molecule has 2 amide bonds. The van der Waals surface area contributed by atoms with Gasteiger partial charge in [-0.1, -0.05) is 36.4 Å². The van der Waals surface area contributed by atoms with Crippen molar-refractivity contribution in [1.82, 2.24) is 10.2 Å². The molecule has 0 radical (unpaired) electrons. The second-order valence-corrected chi connectivity index (χ2v) is 5.36. The van der Waals surface area contributed by atoms with Crippen LogP contribution in [0.25, 0.3) is 10.8 Å². The largest absolute Gasteiger partial charge is 0.390 e. The lowest BCUT2D eigenvalue weighted by molar-refractivity contribution is 0.115. The SMILES string of the molecule is CN(C(=O)Nc1cccc2ccccc12)[C@H]1CNC[C@@H]1O. The first kappa shape index (κ1) is 13.9. The van der Waals surface area contributed by atoms with E-state index < -0.39 is 6.10 Å². The number of β-amino-alcohol motifs (C(OH)–C–C–N with tert-alkyl or cyclic N) is 1. The van der Waals surface area contributed by atoms with Gasteiger partial charge in [0.1, 0.15) is 0 Å². The Morgan fingerprint density at radius 3 is 2.76 bits per heavy atom. The Morgan fingerprint density at radius 2 is 2.00 bits per heavy atom. The van der Waals surface area contributed by atoms with Gasteiger partial charge in [-0.05, 0) is 11.5 Å². The summed E-state index contributed by atoms with van der Waals surface area (Å²) in [7, 11) is 1.71. The smallest absolute Gasteiger partial charge is 0.321 e. The highest BCUT2D eigenvalue weighted by atomic mass is 16.3. The molecule has 0 spiro atoms. The van der Waals surface area contributed by atoms with Crippen LogP contribution in [0.1, 0.15) is 0 Å². The maximum absolute atomic E-state index is 12.4. The lowest BCUT2D eigenvalue weighted by Crippen LogP contribution is -2.46. The van der Waals surface area contributed by atoms with Crippen molar-refractivity contribution >= 4 is 22.5 Å². The Balaban J connectivity index is 1.80. The monoisotopic (exact) mass is 285 g/mol. The Morgan fingerprint density at radius 1 is 1.24 bits per heavy atom. The van der Waals surface area contributed by atoms with Crippen LogP contribution in [0.15, 0.2) is 42.5 Å². The van der Waals surface area contributed by atoms with E-state index in [9.17, 15) is 9.90 Å². The molecule has 110 valence electrons. The van der Waals surface area contributed by atoms with Gasteiger partial charge in [0.2, 0.25) is 0 Å². The second-order valence-electron chi connectivity index (χ2n) is 5.36. The van der Waals surface area contributed by atoms with Crippen molar-refractivity contribution in [3.63, 3.8) is 0 Å². The number of nitrogens with one attached hydrogen (secondary N) is 2. The van der Waals surface area contributed by atoms with Crippen LogP contribution >= 0.6 is 0 Å². The number of fused-ring (bicyclic) bond motifs is 1. The quantitative estimate of drug-likeness (QED) is 0.786. The number of urea groups is 1. The lowest BCUT2D eigenvalue weighted by Gasteiger charge is -2.26. The molecule has 5 heteroatoms. The molecule has 21 heavy (non-hydrogen) atoms. The highest BCUT2D eigenvalue weighted by Gasteiger charge is 2.31. The molecular formula is C16H19N3O2. The summed E-state index contributed by atoms with van der Waals surface area (Å²) in [4.78, 5) is 13.9. The molecule has 0 bridgehead atoms. The van der Waals surface area contributed by atoms with E-state index in [1.54, 1.807) is 11.9 Å². The molecule has 0 saturated carbocycles. The van der Waals surface area contributed by atoms with E-state index in [0.717, 1.165) is 16.5 Å². The summed E-state index contributed by atoms with van der Waals surface area (Å²) in [6, 6.07) is 13.3. The number of anilines is 1. The third-order valence-electron chi connectivity index (χ3n) is 4.00. The third kappa shape index (κ3) is 2.70. The maximum atomic E-state index is 12.4. The van der Waals surface area contributed by atoms with Crippen molar-refractivity contribution in [2.75, 3.05) is 25.5 Å². The number of aliphatic hydroxyl groups is 1. The maximum Gasteiger partial charge on any atom is 0.321 e. The van der Waals surface area contributed by atoms with Gasteiger partial charge in [-0.25, -0.2) is 4.79 Å². The molecule has 3 rings (SSSR count). The summed E-state index contributed by atoms with van der Waals surface area (Å²) in [6.45, 7) is 1.14. The Kier molecular flexibility index (Phi) is 3.77. The molecule has 0 aliphatic carbocycles. The van der Waals surface area contributed by atoms with Crippen LogP contribution in [-0.2, 0) is 0 Å². The number of benzene rings is 2. The molecule has 1 aliphatic rings. The molecular weight excluding hydrogens is 266 g/mol. The molecule has 2 aromatic rings. The normalized spacial score (nSPS) is 21.4. The summed E-state index contributed by atoms with van der Waals surface area (Å²) < 4.78 is 0. The Hall–Kier alpha value is -2.11. The second kappa shape index (κ2) is 5.71. The highest BCUT2D eigenvalue weighted by molar-refractivity contribution is 6.01. The van der Waals surface area contributed by atoms with Crippen molar-refractivity contribution in [3.05, 3.63) is 42.5 Å². The minimum absolute atomic E-state index is 0.194. The Labute approximate surface area is 123 Å². The summed E-state index contributed by atoms with van der Waals surface area (Å²) in [5, 5.41) is 18.0. The average molecular weight is 285 g/mol. The van der Waals surface area contributed by atoms with Crippen LogP contribution in [-0.4, -0.2) is 48.3 Å². The lowest BCUT2D eigenvalue weighted by atomic mass is 10.1. The van der Waals surface area contributed by atoms with Crippen LogP contribution in [0.3, 0.4) is 0 Å². The predicted molar refractivity (Wildman–Crippen MR) is 83.4 cm³/mol. The minimum Gasteiger partial charge on any atom is -0.390 e. The van der Waals surface area contributed by atoms with Gasteiger partial charge in [-0.2, -0.15) is 0 Å². The number of nitrogens with zero attached hydrogens (tertiary/aromatic N) is 1. The van der Waals surface area contributed by atoms with Gasteiger partial charge in [-0.15, -0.1) is 0 Å². The first-order chi connectivity index (χ1) is 10.2. The zero-order chi connectivity index (χ0) is 14.8. The van der Waals surface area contributed by atoms with Gasteiger partial charge in [-0.3, -0.25) is 0 Å². The number of rotatable bonds is 2. The molecule has 1 fully saturated rings. The number of hydrogen-bond donors (Lipinski definition) is 3. The third-order valence-corrected chi connectivity index (χ3v) is 4.00. The fourth-order valence-electron chi connectivity index (χ4n) is 2.73. The van der Waals surface area contributed by atoms with Crippen LogP contribution in [0.4, 0.5) is 10.5 Å². The molecule has 1 saturated heterocycles. The average Bonchev–Trinajstić information content (AvgIpc) is 2.93. The van der Waals surface area contributed by atoms with Crippen molar-refractivity contribution < 1.29 is 9.90 Å². The van der Waals surface area contributed by atoms with E-state index in [0.29, 0.717) is 13.1 Å². The molecule has 1 aliphatic heterocycles. The predicted octanol–water partition coefficient (Wildman–Crippen LogP) is 1.64. The Bertz CT molecular complexity index is 654. The van der Waals surface area contributed by atoms with Crippen LogP contribution in [0.5, 0.6) is 0 Å². The number of amides is 2. The van der Waals surface area contributed by atoms with E-state index >= 15 is 0 Å². The van der Waals surface area contributed by atoms with Gasteiger partial charge in [0.15, 0.2) is 0 Å². The van der Waals surface area contributed by atoms with Crippen molar-refractivity contribution in [2.45, 2.75) is 12.1 Å². The fraction of sp³-hybridized carbons (Fsp3) is 0.312. The van der Waals surface area contributed by atoms with Crippen LogP contribution < -0.4 is 10.6 Å². The van der Waals surface area contributed by atoms with Crippen molar-refractivity contribution in [1.29, 1.82) is 0 Å². The fourth-order valence-corrected chi connectivity index (χ4v) is 2.73. The van der Waals surface area contributed by atoms with Crippen molar-refractivity contribution in [3.8, 4) is 0 Å². The molecule has 0 unspecified atom stereocenters. The molecule has 3 N–H and O–H groups in total. The van der Waals surface area contributed by atoms with E-state index in [4.69, 9.17) is 0 Å². The zero-order valence-corrected chi connectivity index (χ0v) is 11.9. The van der Waals surface area contributed by atoms with Crippen molar-refractivity contribution in [2.24, 2.45) is 0 Å². The number of likely N-dealkylation sites (N-methyl/N-ethyl adjacent to an activating group) is 1. The minimum atomic E-state index is -0.520. The standard InChI is InChI=1S/C16H19N3O2/c1-19(14-9-17-10-15(14)20)16(21)18-13-8-4-6-11-5-2-3-7-12(11)13/h2-8,14-15,17,20H,9-10H2,1H3,(H,18,21)/t14-,15-/m0/s1. The molecule has 5 nitrogen and oxygen atoms in total. The van der Waals surface area contributed by atoms with E-state index in [2.05, 4.69) is 10.6 Å². The zero-order valence-electron chi connectivity index (χ0n) is 11.9.